The van der Waals surface area contributed by atoms with Gasteiger partial charge in [0.1, 0.15) is 5.82 Å². The van der Waals surface area contributed by atoms with Gasteiger partial charge in [0.25, 0.3) is 5.91 Å². The second-order valence-corrected chi connectivity index (χ2v) is 6.58. The van der Waals surface area contributed by atoms with E-state index in [1.54, 1.807) is 0 Å². The molecule has 2 aromatic rings. The lowest BCUT2D eigenvalue weighted by Crippen LogP contribution is -2.40. The minimum atomic E-state index is -0.488. The van der Waals surface area contributed by atoms with Crippen LogP contribution in [0.2, 0.25) is 0 Å². The molecule has 0 saturated carbocycles. The highest BCUT2D eigenvalue weighted by atomic mass is 19.1. The Morgan fingerprint density at radius 2 is 1.77 bits per heavy atom. The zero-order chi connectivity index (χ0) is 19.1. The van der Waals surface area contributed by atoms with Crippen molar-refractivity contribution in [1.29, 1.82) is 0 Å². The van der Waals surface area contributed by atoms with E-state index < -0.39 is 11.7 Å². The van der Waals surface area contributed by atoms with Crippen LogP contribution in [0.3, 0.4) is 0 Å². The number of hydrogen-bond donors (Lipinski definition) is 2. The first-order valence-corrected chi connectivity index (χ1v) is 8.82. The van der Waals surface area contributed by atoms with Crippen LogP contribution in [-0.4, -0.2) is 18.4 Å². The third-order valence-corrected chi connectivity index (χ3v) is 4.23. The van der Waals surface area contributed by atoms with Gasteiger partial charge in [-0.25, -0.2) is 4.39 Å². The van der Waals surface area contributed by atoms with E-state index in [4.69, 9.17) is 0 Å². The highest BCUT2D eigenvalue weighted by Gasteiger charge is 2.18. The summed E-state index contributed by atoms with van der Waals surface area (Å²) in [6.07, 6.45) is 0.963. The Balaban J connectivity index is 1.96. The van der Waals surface area contributed by atoms with Gasteiger partial charge in [-0.3, -0.25) is 9.59 Å². The summed E-state index contributed by atoms with van der Waals surface area (Å²) in [7, 11) is 0. The van der Waals surface area contributed by atoms with Crippen molar-refractivity contribution in [2.45, 2.75) is 33.2 Å². The number of carbonyl (C=O) groups is 2. The van der Waals surface area contributed by atoms with Crippen molar-refractivity contribution in [2.75, 3.05) is 6.54 Å². The minimum absolute atomic E-state index is 0.139. The Morgan fingerprint density at radius 3 is 2.35 bits per heavy atom. The second kappa shape index (κ2) is 9.13. The van der Waals surface area contributed by atoms with E-state index in [2.05, 4.69) is 29.7 Å². The first-order chi connectivity index (χ1) is 12.4. The lowest BCUT2D eigenvalue weighted by molar-refractivity contribution is -0.121. The molecule has 0 saturated heterocycles. The first-order valence-electron chi connectivity index (χ1n) is 8.82. The molecule has 0 fully saturated rings. The molecule has 0 bridgehead atoms. The Hall–Kier alpha value is -2.69. The summed E-state index contributed by atoms with van der Waals surface area (Å²) >= 11 is 0. The standard InChI is InChI=1S/C21H25FN2O2/c1-4-15-8-10-16(11-9-15)20(14(2)3)24-19(25)13-23-21(26)17-6-5-7-18(22)12-17/h5-12,14,20H,4,13H2,1-3H3,(H,23,26)(H,24,25). The predicted molar refractivity (Wildman–Crippen MR) is 100 cm³/mol. The molecule has 26 heavy (non-hydrogen) atoms. The molecule has 0 aliphatic rings. The molecule has 138 valence electrons. The average molecular weight is 356 g/mol. The van der Waals surface area contributed by atoms with E-state index in [1.807, 2.05) is 26.0 Å². The second-order valence-electron chi connectivity index (χ2n) is 6.58. The fourth-order valence-electron chi connectivity index (χ4n) is 2.71. The van der Waals surface area contributed by atoms with E-state index in [0.717, 1.165) is 18.1 Å². The van der Waals surface area contributed by atoms with Crippen LogP contribution in [0.1, 0.15) is 48.3 Å². The number of rotatable bonds is 7. The van der Waals surface area contributed by atoms with Gasteiger partial charge in [-0.1, -0.05) is 51.1 Å². The quantitative estimate of drug-likeness (QED) is 0.796. The number of halogens is 1. The van der Waals surface area contributed by atoms with Crippen molar-refractivity contribution in [3.05, 3.63) is 71.0 Å². The van der Waals surface area contributed by atoms with Crippen molar-refractivity contribution in [2.24, 2.45) is 5.92 Å². The van der Waals surface area contributed by atoms with Crippen LogP contribution in [0.15, 0.2) is 48.5 Å². The van der Waals surface area contributed by atoms with Crippen molar-refractivity contribution in [3.8, 4) is 0 Å². The summed E-state index contributed by atoms with van der Waals surface area (Å²) in [5.41, 5.74) is 2.46. The van der Waals surface area contributed by atoms with Gasteiger partial charge in [-0.05, 0) is 41.7 Å². The Kier molecular flexibility index (Phi) is 6.89. The molecule has 2 amide bonds. The molecule has 2 rings (SSSR count). The van der Waals surface area contributed by atoms with Gasteiger partial charge in [-0.15, -0.1) is 0 Å². The monoisotopic (exact) mass is 356 g/mol. The molecule has 0 aromatic heterocycles. The summed E-state index contributed by atoms with van der Waals surface area (Å²) in [6, 6.07) is 13.4. The molecule has 1 atom stereocenters. The number of amides is 2. The number of hydrogen-bond acceptors (Lipinski definition) is 2. The van der Waals surface area contributed by atoms with E-state index in [1.165, 1.54) is 23.8 Å². The zero-order valence-corrected chi connectivity index (χ0v) is 15.4. The number of carbonyl (C=O) groups excluding carboxylic acids is 2. The number of benzene rings is 2. The van der Waals surface area contributed by atoms with Gasteiger partial charge in [0.05, 0.1) is 12.6 Å². The largest absolute Gasteiger partial charge is 0.348 e. The zero-order valence-electron chi connectivity index (χ0n) is 15.4. The topological polar surface area (TPSA) is 58.2 Å². The molecular formula is C21H25FN2O2. The normalized spacial score (nSPS) is 11.9. The summed E-state index contributed by atoms with van der Waals surface area (Å²) in [6.45, 7) is 6.00. The van der Waals surface area contributed by atoms with Gasteiger partial charge in [0.15, 0.2) is 0 Å². The molecule has 2 N–H and O–H groups in total. The van der Waals surface area contributed by atoms with E-state index in [9.17, 15) is 14.0 Å². The van der Waals surface area contributed by atoms with Crippen LogP contribution >= 0.6 is 0 Å². The molecule has 4 nitrogen and oxygen atoms in total. The highest BCUT2D eigenvalue weighted by Crippen LogP contribution is 2.22. The highest BCUT2D eigenvalue weighted by molar-refractivity contribution is 5.96. The van der Waals surface area contributed by atoms with Crippen LogP contribution in [-0.2, 0) is 11.2 Å². The van der Waals surface area contributed by atoms with Gasteiger partial charge < -0.3 is 10.6 Å². The van der Waals surface area contributed by atoms with Gasteiger partial charge >= 0.3 is 0 Å². The van der Waals surface area contributed by atoms with Crippen LogP contribution in [0.5, 0.6) is 0 Å². The third kappa shape index (κ3) is 5.41. The fourth-order valence-corrected chi connectivity index (χ4v) is 2.71. The van der Waals surface area contributed by atoms with Gasteiger partial charge in [0, 0.05) is 5.56 Å². The van der Waals surface area contributed by atoms with E-state index >= 15 is 0 Å². The van der Waals surface area contributed by atoms with Crippen LogP contribution in [0, 0.1) is 11.7 Å². The molecule has 5 heteroatoms. The van der Waals surface area contributed by atoms with Gasteiger partial charge in [0.2, 0.25) is 5.91 Å². The number of aryl methyl sites for hydroxylation is 1. The van der Waals surface area contributed by atoms with Crippen molar-refractivity contribution < 1.29 is 14.0 Å². The van der Waals surface area contributed by atoms with Crippen molar-refractivity contribution in [3.63, 3.8) is 0 Å². The van der Waals surface area contributed by atoms with Crippen molar-refractivity contribution >= 4 is 11.8 Å². The smallest absolute Gasteiger partial charge is 0.251 e. The average Bonchev–Trinajstić information content (AvgIpc) is 2.64. The summed E-state index contributed by atoms with van der Waals surface area (Å²) in [5, 5.41) is 5.48. The molecule has 1 unspecified atom stereocenters. The fraction of sp³-hybridized carbons (Fsp3) is 0.333. The minimum Gasteiger partial charge on any atom is -0.348 e. The van der Waals surface area contributed by atoms with Crippen LogP contribution in [0.4, 0.5) is 4.39 Å². The van der Waals surface area contributed by atoms with E-state index in [0.29, 0.717) is 0 Å². The van der Waals surface area contributed by atoms with Crippen LogP contribution < -0.4 is 10.6 Å². The molecular weight excluding hydrogens is 331 g/mol. The summed E-state index contributed by atoms with van der Waals surface area (Å²) in [5.74, 6) is -1.05. The Labute approximate surface area is 153 Å². The lowest BCUT2D eigenvalue weighted by Gasteiger charge is -2.23. The van der Waals surface area contributed by atoms with Crippen LogP contribution in [0.25, 0.3) is 0 Å². The molecule has 0 heterocycles. The SMILES string of the molecule is CCc1ccc(C(NC(=O)CNC(=O)c2cccc(F)c2)C(C)C)cc1. The number of nitrogens with one attached hydrogen (secondary N) is 2. The molecule has 0 aliphatic carbocycles. The maximum absolute atomic E-state index is 13.2. The molecule has 2 aromatic carbocycles. The predicted octanol–water partition coefficient (Wildman–Crippen LogP) is 3.63. The maximum Gasteiger partial charge on any atom is 0.251 e. The summed E-state index contributed by atoms with van der Waals surface area (Å²) in [4.78, 5) is 24.3. The molecule has 0 aliphatic heterocycles. The summed E-state index contributed by atoms with van der Waals surface area (Å²) < 4.78 is 13.2. The first kappa shape index (κ1) is 19.6. The van der Waals surface area contributed by atoms with Crippen molar-refractivity contribution in [1.82, 2.24) is 10.6 Å². The Morgan fingerprint density at radius 1 is 1.08 bits per heavy atom. The third-order valence-electron chi connectivity index (χ3n) is 4.23. The lowest BCUT2D eigenvalue weighted by atomic mass is 9.95. The van der Waals surface area contributed by atoms with Gasteiger partial charge in [-0.2, -0.15) is 0 Å². The Bertz CT molecular complexity index is 757. The van der Waals surface area contributed by atoms with E-state index in [-0.39, 0.29) is 30.0 Å². The maximum atomic E-state index is 13.2. The molecule has 0 radical (unpaired) electrons. The molecule has 0 spiro atoms.